The van der Waals surface area contributed by atoms with E-state index >= 15 is 0 Å². The lowest BCUT2D eigenvalue weighted by Gasteiger charge is -2.31. The van der Waals surface area contributed by atoms with E-state index in [9.17, 15) is 19.2 Å². The van der Waals surface area contributed by atoms with Crippen LogP contribution in [0.1, 0.15) is 64.4 Å². The molecular formula is C31H48N4O7. The van der Waals surface area contributed by atoms with Gasteiger partial charge in [0.25, 0.3) is 5.91 Å². The Labute approximate surface area is 249 Å². The smallest absolute Gasteiger partial charge is 0.318 e. The average Bonchev–Trinajstić information content (AvgIpc) is 3.00. The Morgan fingerprint density at radius 2 is 1.69 bits per heavy atom. The molecule has 1 aliphatic carbocycles. The SMILES string of the molecule is CC(C)OCCCNC(=O)C(=O)C(COCc1ccccc1)NC(=O)C(CC1CCCCC1)NC(=O)N1CCOCC1. The number of carbonyl (C=O) groups is 4. The molecule has 2 unspecified atom stereocenters. The normalized spacial score (nSPS) is 17.4. The standard InChI is InChI=1S/C31H48N4O7/c1-23(2)42-17-9-14-32-30(38)28(36)27(22-41-21-25-12-7-4-8-13-25)33-29(37)26(20-24-10-5-3-6-11-24)34-31(39)35-15-18-40-19-16-35/h4,7-8,12-13,23-24,26-27H,3,5-6,9-11,14-22H2,1-2H3,(H,32,38)(H,33,37)(H,34,39). The van der Waals surface area contributed by atoms with Crippen LogP contribution in [-0.4, -0.2) is 92.8 Å². The molecule has 1 saturated heterocycles. The molecule has 3 N–H and O–H groups in total. The Balaban J connectivity index is 1.66. The maximum atomic E-state index is 13.6. The van der Waals surface area contributed by atoms with Crippen molar-refractivity contribution in [2.45, 2.75) is 83.6 Å². The zero-order chi connectivity index (χ0) is 30.2. The van der Waals surface area contributed by atoms with E-state index in [1.54, 1.807) is 4.90 Å². The molecule has 0 spiro atoms. The third-order valence-corrected chi connectivity index (χ3v) is 7.52. The third kappa shape index (κ3) is 12.1. The van der Waals surface area contributed by atoms with E-state index in [2.05, 4.69) is 16.0 Å². The number of nitrogens with one attached hydrogen (secondary N) is 3. The molecule has 11 nitrogen and oxygen atoms in total. The highest BCUT2D eigenvalue weighted by Gasteiger charge is 2.33. The first kappa shape index (κ1) is 33.5. The topological polar surface area (TPSA) is 135 Å². The van der Waals surface area contributed by atoms with Gasteiger partial charge >= 0.3 is 6.03 Å². The van der Waals surface area contributed by atoms with E-state index in [4.69, 9.17) is 14.2 Å². The van der Waals surface area contributed by atoms with Crippen LogP contribution in [0.2, 0.25) is 0 Å². The Kier molecular flexibility index (Phi) is 14.8. The number of Topliss-reactive ketones (excluding diaryl/α,β-unsaturated/α-hetero) is 1. The number of amides is 4. The molecule has 2 atom stereocenters. The van der Waals surface area contributed by atoms with Gasteiger partial charge in [0.05, 0.1) is 32.5 Å². The molecule has 1 aromatic carbocycles. The van der Waals surface area contributed by atoms with Crippen LogP contribution in [-0.2, 0) is 35.2 Å². The van der Waals surface area contributed by atoms with Crippen molar-refractivity contribution >= 4 is 23.6 Å². The van der Waals surface area contributed by atoms with Gasteiger partial charge < -0.3 is 35.1 Å². The monoisotopic (exact) mass is 588 g/mol. The third-order valence-electron chi connectivity index (χ3n) is 7.52. The van der Waals surface area contributed by atoms with Gasteiger partial charge in [-0.05, 0) is 38.2 Å². The lowest BCUT2D eigenvalue weighted by atomic mass is 9.84. The quantitative estimate of drug-likeness (QED) is 0.200. The zero-order valence-electron chi connectivity index (χ0n) is 25.1. The van der Waals surface area contributed by atoms with Crippen molar-refractivity contribution < 1.29 is 33.4 Å². The molecule has 0 aromatic heterocycles. The number of ether oxygens (including phenoxy) is 3. The summed E-state index contributed by atoms with van der Waals surface area (Å²) in [6.07, 6.45) is 6.42. The molecule has 1 aliphatic heterocycles. The summed E-state index contributed by atoms with van der Waals surface area (Å²) in [5.41, 5.74) is 0.901. The van der Waals surface area contributed by atoms with E-state index in [-0.39, 0.29) is 31.9 Å². The van der Waals surface area contributed by atoms with E-state index in [0.717, 1.165) is 31.2 Å². The van der Waals surface area contributed by atoms with Crippen molar-refractivity contribution in [3.8, 4) is 0 Å². The van der Waals surface area contributed by atoms with Crippen LogP contribution in [0.3, 0.4) is 0 Å². The highest BCUT2D eigenvalue weighted by Crippen LogP contribution is 2.27. The van der Waals surface area contributed by atoms with Crippen LogP contribution < -0.4 is 16.0 Å². The van der Waals surface area contributed by atoms with Gasteiger partial charge in [-0.1, -0.05) is 62.4 Å². The minimum Gasteiger partial charge on any atom is -0.379 e. The maximum Gasteiger partial charge on any atom is 0.318 e. The summed E-state index contributed by atoms with van der Waals surface area (Å²) in [5.74, 6) is -1.80. The van der Waals surface area contributed by atoms with Gasteiger partial charge in [0.1, 0.15) is 12.1 Å². The molecule has 0 bridgehead atoms. The first-order valence-electron chi connectivity index (χ1n) is 15.3. The van der Waals surface area contributed by atoms with E-state index in [1.165, 1.54) is 6.42 Å². The van der Waals surface area contributed by atoms with Crippen molar-refractivity contribution in [2.24, 2.45) is 5.92 Å². The number of rotatable bonds is 16. The number of nitrogens with zero attached hydrogens (tertiary/aromatic N) is 1. The maximum absolute atomic E-state index is 13.6. The molecule has 234 valence electrons. The van der Waals surface area contributed by atoms with Gasteiger partial charge in [0, 0.05) is 26.2 Å². The van der Waals surface area contributed by atoms with Gasteiger partial charge in [0.2, 0.25) is 11.7 Å². The van der Waals surface area contributed by atoms with Crippen LogP contribution in [0.5, 0.6) is 0 Å². The predicted octanol–water partition coefficient (Wildman–Crippen LogP) is 2.57. The first-order valence-corrected chi connectivity index (χ1v) is 15.3. The number of morpholine rings is 1. The van der Waals surface area contributed by atoms with Crippen molar-refractivity contribution in [3.05, 3.63) is 35.9 Å². The minimum absolute atomic E-state index is 0.0778. The number of hydrogen-bond acceptors (Lipinski definition) is 7. The second kappa shape index (κ2) is 18.5. The van der Waals surface area contributed by atoms with Gasteiger partial charge in [-0.15, -0.1) is 0 Å². The van der Waals surface area contributed by atoms with E-state index in [0.29, 0.717) is 51.7 Å². The van der Waals surface area contributed by atoms with Gasteiger partial charge in [-0.2, -0.15) is 0 Å². The number of ketones is 1. The second-order valence-electron chi connectivity index (χ2n) is 11.3. The number of benzene rings is 1. The van der Waals surface area contributed by atoms with Crippen molar-refractivity contribution in [2.75, 3.05) is 46.1 Å². The molecule has 42 heavy (non-hydrogen) atoms. The fourth-order valence-electron chi connectivity index (χ4n) is 5.16. The lowest BCUT2D eigenvalue weighted by molar-refractivity contribution is -0.141. The lowest BCUT2D eigenvalue weighted by Crippen LogP contribution is -2.58. The second-order valence-corrected chi connectivity index (χ2v) is 11.3. The van der Waals surface area contributed by atoms with Crippen LogP contribution in [0.15, 0.2) is 30.3 Å². The Morgan fingerprint density at radius 3 is 2.38 bits per heavy atom. The fraction of sp³-hybridized carbons (Fsp3) is 0.677. The number of hydrogen-bond donors (Lipinski definition) is 3. The minimum atomic E-state index is -1.21. The average molecular weight is 589 g/mol. The zero-order valence-corrected chi connectivity index (χ0v) is 25.1. The summed E-state index contributed by atoms with van der Waals surface area (Å²) >= 11 is 0. The highest BCUT2D eigenvalue weighted by atomic mass is 16.5. The van der Waals surface area contributed by atoms with Crippen molar-refractivity contribution in [3.63, 3.8) is 0 Å². The molecule has 4 amide bonds. The van der Waals surface area contributed by atoms with Crippen molar-refractivity contribution in [1.82, 2.24) is 20.9 Å². The molecule has 2 fully saturated rings. The molecule has 11 heteroatoms. The van der Waals surface area contributed by atoms with Crippen molar-refractivity contribution in [1.29, 1.82) is 0 Å². The van der Waals surface area contributed by atoms with Crippen LogP contribution in [0, 0.1) is 5.92 Å². The van der Waals surface area contributed by atoms with Gasteiger partial charge in [0.15, 0.2) is 0 Å². The molecule has 2 aliphatic rings. The molecular weight excluding hydrogens is 540 g/mol. The Bertz CT molecular complexity index is 979. The summed E-state index contributed by atoms with van der Waals surface area (Å²) < 4.78 is 16.6. The highest BCUT2D eigenvalue weighted by molar-refractivity contribution is 6.38. The van der Waals surface area contributed by atoms with Crippen LogP contribution in [0.25, 0.3) is 0 Å². The molecule has 0 radical (unpaired) electrons. The predicted molar refractivity (Wildman–Crippen MR) is 158 cm³/mol. The molecule has 1 saturated carbocycles. The molecule has 1 heterocycles. The summed E-state index contributed by atoms with van der Waals surface area (Å²) in [7, 11) is 0. The summed E-state index contributed by atoms with van der Waals surface area (Å²) in [4.78, 5) is 54.3. The summed E-state index contributed by atoms with van der Waals surface area (Å²) in [6.45, 7) is 6.39. The number of carbonyl (C=O) groups excluding carboxylic acids is 4. The van der Waals surface area contributed by atoms with E-state index < -0.39 is 29.7 Å². The van der Waals surface area contributed by atoms with Crippen LogP contribution in [0.4, 0.5) is 4.79 Å². The Hall–Kier alpha value is -3.02. The van der Waals surface area contributed by atoms with E-state index in [1.807, 2.05) is 44.2 Å². The summed E-state index contributed by atoms with van der Waals surface area (Å²) in [5, 5.41) is 8.27. The first-order chi connectivity index (χ1) is 20.3. The Morgan fingerprint density at radius 1 is 0.976 bits per heavy atom. The molecule has 1 aromatic rings. The fourth-order valence-corrected chi connectivity index (χ4v) is 5.16. The van der Waals surface area contributed by atoms with Crippen LogP contribution >= 0.6 is 0 Å². The number of urea groups is 1. The molecule has 3 rings (SSSR count). The van der Waals surface area contributed by atoms with Gasteiger partial charge in [-0.25, -0.2) is 4.79 Å². The van der Waals surface area contributed by atoms with Gasteiger partial charge in [-0.3, -0.25) is 14.4 Å². The summed E-state index contributed by atoms with van der Waals surface area (Å²) in [6, 6.07) is 7.06. The largest absolute Gasteiger partial charge is 0.379 e.